The molecular weight excluding hydrogens is 210 g/mol. The molecule has 5 heteroatoms. The Kier molecular flexibility index (Phi) is 7.25. The van der Waals surface area contributed by atoms with Crippen LogP contribution in [0.25, 0.3) is 0 Å². The molecule has 0 heterocycles. The third-order valence-corrected chi connectivity index (χ3v) is 2.62. The van der Waals surface area contributed by atoms with Crippen molar-refractivity contribution in [2.75, 3.05) is 20.1 Å². The number of rotatable bonds is 7. The lowest BCUT2D eigenvalue weighted by Gasteiger charge is -2.28. The van der Waals surface area contributed by atoms with Crippen LogP contribution < -0.4 is 11.1 Å². The predicted molar refractivity (Wildman–Crippen MR) is 66.8 cm³/mol. The lowest BCUT2D eigenvalue weighted by atomic mass is 10.1. The largest absolute Gasteiger partial charge is 0.393 e. The van der Waals surface area contributed by atoms with Gasteiger partial charge in [0.2, 0.25) is 5.91 Å². The summed E-state index contributed by atoms with van der Waals surface area (Å²) in [7, 11) is 1.64. The predicted octanol–water partition coefficient (Wildman–Crippen LogP) is 0.509. The summed E-state index contributed by atoms with van der Waals surface area (Å²) in [5, 5.41) is 2.62. The van der Waals surface area contributed by atoms with Gasteiger partial charge in [0, 0.05) is 19.5 Å². The zero-order valence-corrected chi connectivity index (χ0v) is 10.6. The van der Waals surface area contributed by atoms with E-state index in [1.807, 2.05) is 6.92 Å². The van der Waals surface area contributed by atoms with Gasteiger partial charge < -0.3 is 11.1 Å². The van der Waals surface area contributed by atoms with E-state index in [1.165, 1.54) is 0 Å². The fourth-order valence-corrected chi connectivity index (χ4v) is 1.72. The Labute approximate surface area is 97.2 Å². The van der Waals surface area contributed by atoms with Gasteiger partial charge in [-0.3, -0.25) is 9.69 Å². The maximum atomic E-state index is 11.3. The van der Waals surface area contributed by atoms with Crippen LogP contribution in [0.15, 0.2) is 0 Å². The summed E-state index contributed by atoms with van der Waals surface area (Å²) in [6.07, 6.45) is 1.62. The first-order valence-electron chi connectivity index (χ1n) is 5.28. The van der Waals surface area contributed by atoms with Gasteiger partial charge in [-0.1, -0.05) is 26.1 Å². The van der Waals surface area contributed by atoms with E-state index >= 15 is 0 Å². The number of hydrogen-bond donors (Lipinski definition) is 2. The molecule has 4 nitrogen and oxygen atoms in total. The van der Waals surface area contributed by atoms with E-state index in [-0.39, 0.29) is 11.9 Å². The third-order valence-electron chi connectivity index (χ3n) is 2.46. The van der Waals surface area contributed by atoms with Crippen molar-refractivity contribution in [2.45, 2.75) is 32.7 Å². The Hall–Kier alpha value is -0.680. The fraction of sp³-hybridized carbons (Fsp3) is 0.800. The monoisotopic (exact) mass is 231 g/mol. The molecule has 0 aromatic rings. The standard InChI is InChI=1S/C10H21N3OS/c1-4-8(6-9(11)15)13(5-2)7-10(14)12-3/h8H,4-7H2,1-3H3,(H2,11,15)(H,12,14). The Morgan fingerprint density at radius 1 is 1.53 bits per heavy atom. The van der Waals surface area contributed by atoms with E-state index in [2.05, 4.69) is 17.1 Å². The van der Waals surface area contributed by atoms with Crippen LogP contribution in [0.5, 0.6) is 0 Å². The lowest BCUT2D eigenvalue weighted by Crippen LogP contribution is -2.43. The average Bonchev–Trinajstić information content (AvgIpc) is 2.22. The normalized spacial score (nSPS) is 12.5. The number of nitrogens with one attached hydrogen (secondary N) is 1. The summed E-state index contributed by atoms with van der Waals surface area (Å²) in [6.45, 7) is 5.35. The van der Waals surface area contributed by atoms with Crippen LogP contribution in [-0.4, -0.2) is 42.0 Å². The number of likely N-dealkylation sites (N-methyl/N-ethyl adjacent to an activating group) is 2. The molecular formula is C10H21N3OS. The quantitative estimate of drug-likeness (QED) is 0.627. The first kappa shape index (κ1) is 14.3. The highest BCUT2D eigenvalue weighted by atomic mass is 32.1. The highest BCUT2D eigenvalue weighted by Gasteiger charge is 2.18. The second-order valence-corrected chi connectivity index (χ2v) is 3.99. The fourth-order valence-electron chi connectivity index (χ4n) is 1.53. The van der Waals surface area contributed by atoms with Gasteiger partial charge in [-0.05, 0) is 13.0 Å². The van der Waals surface area contributed by atoms with Gasteiger partial charge in [0.15, 0.2) is 0 Å². The minimum Gasteiger partial charge on any atom is -0.393 e. The summed E-state index contributed by atoms with van der Waals surface area (Å²) in [6, 6.07) is 0.268. The van der Waals surface area contributed by atoms with Crippen LogP contribution in [0.4, 0.5) is 0 Å². The van der Waals surface area contributed by atoms with E-state index in [0.717, 1.165) is 13.0 Å². The molecule has 3 N–H and O–H groups in total. The van der Waals surface area contributed by atoms with Crippen LogP contribution in [0.1, 0.15) is 26.7 Å². The molecule has 0 fully saturated rings. The molecule has 0 spiro atoms. The summed E-state index contributed by atoms with van der Waals surface area (Å²) in [4.78, 5) is 13.9. The second-order valence-electron chi connectivity index (χ2n) is 3.47. The minimum absolute atomic E-state index is 0.0261. The Bertz CT molecular complexity index is 221. The second kappa shape index (κ2) is 7.59. The summed E-state index contributed by atoms with van der Waals surface area (Å²) >= 11 is 4.90. The molecule has 1 atom stereocenters. The van der Waals surface area contributed by atoms with Gasteiger partial charge in [-0.25, -0.2) is 0 Å². The van der Waals surface area contributed by atoms with Crippen molar-refractivity contribution in [3.63, 3.8) is 0 Å². The van der Waals surface area contributed by atoms with Gasteiger partial charge in [0.25, 0.3) is 0 Å². The minimum atomic E-state index is 0.0261. The lowest BCUT2D eigenvalue weighted by molar-refractivity contribution is -0.122. The van der Waals surface area contributed by atoms with Crippen LogP contribution >= 0.6 is 12.2 Å². The van der Waals surface area contributed by atoms with Gasteiger partial charge in [0.05, 0.1) is 11.5 Å². The Morgan fingerprint density at radius 3 is 2.47 bits per heavy atom. The van der Waals surface area contributed by atoms with Crippen LogP contribution in [0.2, 0.25) is 0 Å². The van der Waals surface area contributed by atoms with Gasteiger partial charge in [0.1, 0.15) is 0 Å². The van der Waals surface area contributed by atoms with E-state index in [9.17, 15) is 4.79 Å². The molecule has 88 valence electrons. The number of thiocarbonyl (C=S) groups is 1. The maximum Gasteiger partial charge on any atom is 0.233 e. The van der Waals surface area contributed by atoms with Crippen molar-refractivity contribution in [1.82, 2.24) is 10.2 Å². The molecule has 0 saturated heterocycles. The van der Waals surface area contributed by atoms with Crippen molar-refractivity contribution in [2.24, 2.45) is 5.73 Å². The van der Waals surface area contributed by atoms with Gasteiger partial charge in [-0.15, -0.1) is 0 Å². The number of carbonyl (C=O) groups excluding carboxylic acids is 1. The molecule has 1 unspecified atom stereocenters. The summed E-state index contributed by atoms with van der Waals surface area (Å²) in [5.74, 6) is 0.0261. The maximum absolute atomic E-state index is 11.3. The molecule has 0 bridgehead atoms. The first-order chi connectivity index (χ1) is 7.04. The molecule has 0 aromatic heterocycles. The molecule has 0 aliphatic carbocycles. The van der Waals surface area contributed by atoms with E-state index < -0.39 is 0 Å². The number of amides is 1. The van der Waals surface area contributed by atoms with Crippen LogP contribution in [0, 0.1) is 0 Å². The number of nitrogens with zero attached hydrogens (tertiary/aromatic N) is 1. The molecule has 0 aromatic carbocycles. The summed E-state index contributed by atoms with van der Waals surface area (Å²) in [5.41, 5.74) is 5.53. The van der Waals surface area contributed by atoms with Crippen LogP contribution in [0.3, 0.4) is 0 Å². The van der Waals surface area contributed by atoms with Crippen LogP contribution in [-0.2, 0) is 4.79 Å². The molecule has 0 aliphatic rings. The highest BCUT2D eigenvalue weighted by Crippen LogP contribution is 2.08. The van der Waals surface area contributed by atoms with Crippen molar-refractivity contribution in [1.29, 1.82) is 0 Å². The number of carbonyl (C=O) groups is 1. The molecule has 1 amide bonds. The highest BCUT2D eigenvalue weighted by molar-refractivity contribution is 7.80. The SMILES string of the molecule is CCC(CC(N)=S)N(CC)CC(=O)NC. The smallest absolute Gasteiger partial charge is 0.233 e. The number of hydrogen-bond acceptors (Lipinski definition) is 3. The zero-order chi connectivity index (χ0) is 11.8. The summed E-state index contributed by atoms with van der Waals surface area (Å²) < 4.78 is 0. The van der Waals surface area contributed by atoms with Gasteiger partial charge >= 0.3 is 0 Å². The molecule has 0 rings (SSSR count). The van der Waals surface area contributed by atoms with E-state index in [1.54, 1.807) is 7.05 Å². The third kappa shape index (κ3) is 5.69. The molecule has 0 saturated carbocycles. The molecule has 0 aliphatic heterocycles. The average molecular weight is 231 g/mol. The van der Waals surface area contributed by atoms with Gasteiger partial charge in [-0.2, -0.15) is 0 Å². The Morgan fingerprint density at radius 2 is 2.13 bits per heavy atom. The Balaban J connectivity index is 4.32. The van der Waals surface area contributed by atoms with E-state index in [4.69, 9.17) is 18.0 Å². The zero-order valence-electron chi connectivity index (χ0n) is 9.75. The number of nitrogens with two attached hydrogens (primary N) is 1. The molecule has 0 radical (unpaired) electrons. The first-order valence-corrected chi connectivity index (χ1v) is 5.68. The van der Waals surface area contributed by atoms with Crippen molar-refractivity contribution in [3.05, 3.63) is 0 Å². The van der Waals surface area contributed by atoms with Crippen molar-refractivity contribution in [3.8, 4) is 0 Å². The van der Waals surface area contributed by atoms with E-state index in [0.29, 0.717) is 18.0 Å². The van der Waals surface area contributed by atoms with Crippen molar-refractivity contribution < 1.29 is 4.79 Å². The topological polar surface area (TPSA) is 58.4 Å². The van der Waals surface area contributed by atoms with Crippen molar-refractivity contribution >= 4 is 23.1 Å². The molecule has 15 heavy (non-hydrogen) atoms.